The van der Waals surface area contributed by atoms with Gasteiger partial charge in [-0.05, 0) is 52.0 Å². The van der Waals surface area contributed by atoms with Gasteiger partial charge < -0.3 is 20.3 Å². The van der Waals surface area contributed by atoms with E-state index in [1.165, 1.54) is 64.5 Å². The molecule has 1 aliphatic carbocycles. The van der Waals surface area contributed by atoms with Gasteiger partial charge in [0.2, 0.25) is 0 Å². The summed E-state index contributed by atoms with van der Waals surface area (Å²) in [4.78, 5) is 6.93. The van der Waals surface area contributed by atoms with Crippen molar-refractivity contribution >= 4 is 29.9 Å². The molecule has 6 heteroatoms. The lowest BCUT2D eigenvalue weighted by atomic mass is 10.0. The van der Waals surface area contributed by atoms with Crippen LogP contribution in [0.25, 0.3) is 0 Å². The van der Waals surface area contributed by atoms with Crippen LogP contribution in [-0.2, 0) is 4.74 Å². The Morgan fingerprint density at radius 1 is 1.04 bits per heavy atom. The van der Waals surface area contributed by atoms with Crippen molar-refractivity contribution in [2.45, 2.75) is 76.9 Å². The summed E-state index contributed by atoms with van der Waals surface area (Å²) in [6.07, 6.45) is 12.1. The summed E-state index contributed by atoms with van der Waals surface area (Å²) in [5, 5.41) is 6.81. The van der Waals surface area contributed by atoms with E-state index in [1.54, 1.807) is 0 Å². The molecule has 0 radical (unpaired) electrons. The molecule has 2 fully saturated rings. The summed E-state index contributed by atoms with van der Waals surface area (Å²) >= 11 is 0. The van der Waals surface area contributed by atoms with Gasteiger partial charge in [0.1, 0.15) is 0 Å². The molecule has 1 saturated carbocycles. The van der Waals surface area contributed by atoms with Crippen molar-refractivity contribution in [1.29, 1.82) is 0 Å². The Morgan fingerprint density at radius 3 is 2.40 bits per heavy atom. The number of guanidine groups is 1. The molecule has 0 aromatic heterocycles. The Morgan fingerprint density at radius 2 is 1.72 bits per heavy atom. The smallest absolute Gasteiger partial charge is 0.190 e. The van der Waals surface area contributed by atoms with Crippen LogP contribution < -0.4 is 10.6 Å². The predicted octanol–water partition coefficient (Wildman–Crippen LogP) is 3.38. The summed E-state index contributed by atoms with van der Waals surface area (Å²) in [7, 11) is 1.84. The summed E-state index contributed by atoms with van der Waals surface area (Å²) in [6, 6.07) is 0.760. The third kappa shape index (κ3) is 9.43. The number of rotatable bonds is 9. The van der Waals surface area contributed by atoms with Crippen LogP contribution in [0.15, 0.2) is 4.99 Å². The van der Waals surface area contributed by atoms with E-state index in [2.05, 4.69) is 27.4 Å². The van der Waals surface area contributed by atoms with Gasteiger partial charge in [0.05, 0.1) is 6.10 Å². The van der Waals surface area contributed by atoms with E-state index in [-0.39, 0.29) is 24.0 Å². The molecule has 0 spiro atoms. The summed E-state index contributed by atoms with van der Waals surface area (Å²) in [5.74, 6) is 0.919. The quantitative estimate of drug-likeness (QED) is 0.237. The standard InChI is InChI=1S/C19H38N4O.HI/c1-17-9-5-6-14-23(17)15-7-12-21-19(20-2)22-13-8-16-24-18-10-3-4-11-18;/h17-18H,3-16H2,1-2H3,(H2,20,21,22);1H. The minimum atomic E-state index is 0. The molecule has 2 rings (SSSR count). The van der Waals surface area contributed by atoms with Crippen molar-refractivity contribution < 1.29 is 4.74 Å². The van der Waals surface area contributed by atoms with Gasteiger partial charge in [-0.3, -0.25) is 4.99 Å². The fraction of sp³-hybridized carbons (Fsp3) is 0.947. The normalized spacial score (nSPS) is 22.6. The molecule has 5 nitrogen and oxygen atoms in total. The van der Waals surface area contributed by atoms with Gasteiger partial charge in [-0.25, -0.2) is 0 Å². The van der Waals surface area contributed by atoms with Crippen molar-refractivity contribution in [1.82, 2.24) is 15.5 Å². The Kier molecular flexibility index (Phi) is 12.9. The van der Waals surface area contributed by atoms with Crippen molar-refractivity contribution in [2.24, 2.45) is 4.99 Å². The molecular weight excluding hydrogens is 427 g/mol. The van der Waals surface area contributed by atoms with E-state index in [4.69, 9.17) is 4.74 Å². The molecule has 25 heavy (non-hydrogen) atoms. The number of ether oxygens (including phenoxy) is 1. The largest absolute Gasteiger partial charge is 0.378 e. The van der Waals surface area contributed by atoms with E-state index in [0.29, 0.717) is 6.10 Å². The van der Waals surface area contributed by atoms with Crippen LogP contribution in [-0.4, -0.2) is 62.8 Å². The summed E-state index contributed by atoms with van der Waals surface area (Å²) in [5.41, 5.74) is 0. The number of likely N-dealkylation sites (tertiary alicyclic amines) is 1. The first kappa shape index (κ1) is 23.0. The second-order valence-corrected chi connectivity index (χ2v) is 7.29. The highest BCUT2D eigenvalue weighted by molar-refractivity contribution is 14.0. The number of nitrogens with zero attached hydrogens (tertiary/aromatic N) is 2. The molecule has 2 N–H and O–H groups in total. The number of hydrogen-bond donors (Lipinski definition) is 2. The maximum atomic E-state index is 5.89. The molecule has 1 aliphatic heterocycles. The number of aliphatic imine (C=N–C) groups is 1. The summed E-state index contributed by atoms with van der Waals surface area (Å²) < 4.78 is 5.89. The van der Waals surface area contributed by atoms with Crippen LogP contribution in [0.1, 0.15) is 64.7 Å². The van der Waals surface area contributed by atoms with Crippen LogP contribution in [0, 0.1) is 0 Å². The molecule has 1 saturated heterocycles. The molecule has 0 amide bonds. The zero-order valence-corrected chi connectivity index (χ0v) is 18.6. The number of halogens is 1. The van der Waals surface area contributed by atoms with E-state index < -0.39 is 0 Å². The van der Waals surface area contributed by atoms with Crippen molar-refractivity contribution in [3.63, 3.8) is 0 Å². The van der Waals surface area contributed by atoms with E-state index >= 15 is 0 Å². The third-order valence-corrected chi connectivity index (χ3v) is 5.35. The molecule has 148 valence electrons. The first-order valence-corrected chi connectivity index (χ1v) is 10.1. The lowest BCUT2D eigenvalue weighted by molar-refractivity contribution is 0.0574. The van der Waals surface area contributed by atoms with Gasteiger partial charge in [0, 0.05) is 39.3 Å². The van der Waals surface area contributed by atoms with Gasteiger partial charge in [0.15, 0.2) is 5.96 Å². The highest BCUT2D eigenvalue weighted by Crippen LogP contribution is 2.20. The maximum absolute atomic E-state index is 5.89. The molecule has 0 aromatic carbocycles. The maximum Gasteiger partial charge on any atom is 0.190 e. The fourth-order valence-corrected chi connectivity index (χ4v) is 3.78. The molecule has 0 bridgehead atoms. The van der Waals surface area contributed by atoms with Gasteiger partial charge in [-0.15, -0.1) is 24.0 Å². The van der Waals surface area contributed by atoms with E-state index in [9.17, 15) is 0 Å². The van der Waals surface area contributed by atoms with E-state index in [0.717, 1.165) is 38.1 Å². The lowest BCUT2D eigenvalue weighted by Crippen LogP contribution is -2.41. The number of hydrogen-bond acceptors (Lipinski definition) is 3. The Bertz CT molecular complexity index is 361. The zero-order valence-electron chi connectivity index (χ0n) is 16.3. The Balaban J connectivity index is 0.00000312. The fourth-order valence-electron chi connectivity index (χ4n) is 3.78. The molecule has 1 heterocycles. The monoisotopic (exact) mass is 466 g/mol. The number of piperidine rings is 1. The second-order valence-electron chi connectivity index (χ2n) is 7.29. The van der Waals surface area contributed by atoms with Gasteiger partial charge >= 0.3 is 0 Å². The SMILES string of the molecule is CN=C(NCCCOC1CCCC1)NCCCN1CCCCC1C.I. The Labute approximate surface area is 171 Å². The average molecular weight is 466 g/mol. The molecule has 1 unspecified atom stereocenters. The summed E-state index contributed by atoms with van der Waals surface area (Å²) in [6.45, 7) is 7.61. The first-order chi connectivity index (χ1) is 11.8. The third-order valence-electron chi connectivity index (χ3n) is 5.35. The van der Waals surface area contributed by atoms with Crippen LogP contribution in [0.5, 0.6) is 0 Å². The average Bonchev–Trinajstić information content (AvgIpc) is 3.11. The first-order valence-electron chi connectivity index (χ1n) is 10.1. The van der Waals surface area contributed by atoms with Crippen LogP contribution in [0.4, 0.5) is 0 Å². The number of nitrogens with one attached hydrogen (secondary N) is 2. The van der Waals surface area contributed by atoms with Crippen LogP contribution >= 0.6 is 24.0 Å². The van der Waals surface area contributed by atoms with Crippen LogP contribution in [0.3, 0.4) is 0 Å². The molecule has 2 aliphatic rings. The minimum Gasteiger partial charge on any atom is -0.378 e. The van der Waals surface area contributed by atoms with Crippen molar-refractivity contribution in [2.75, 3.05) is 39.8 Å². The van der Waals surface area contributed by atoms with Crippen molar-refractivity contribution in [3.05, 3.63) is 0 Å². The van der Waals surface area contributed by atoms with E-state index in [1.807, 2.05) is 7.05 Å². The highest BCUT2D eigenvalue weighted by Gasteiger charge is 2.17. The molecular formula is C19H39IN4O. The lowest BCUT2D eigenvalue weighted by Gasteiger charge is -2.33. The van der Waals surface area contributed by atoms with Gasteiger partial charge in [0.25, 0.3) is 0 Å². The van der Waals surface area contributed by atoms with Gasteiger partial charge in [-0.1, -0.05) is 19.3 Å². The molecule has 1 atom stereocenters. The van der Waals surface area contributed by atoms with Crippen molar-refractivity contribution in [3.8, 4) is 0 Å². The zero-order chi connectivity index (χ0) is 17.0. The minimum absolute atomic E-state index is 0. The Hall–Kier alpha value is -0.0800. The van der Waals surface area contributed by atoms with Gasteiger partial charge in [-0.2, -0.15) is 0 Å². The predicted molar refractivity (Wildman–Crippen MR) is 117 cm³/mol. The topological polar surface area (TPSA) is 48.9 Å². The second kappa shape index (κ2) is 14.0. The van der Waals surface area contributed by atoms with Crippen LogP contribution in [0.2, 0.25) is 0 Å². The highest BCUT2D eigenvalue weighted by atomic mass is 127. The molecule has 0 aromatic rings.